The molecule has 0 heteroatoms. The molecule has 0 aliphatic heterocycles. The molecule has 0 bridgehead atoms. The van der Waals surface area contributed by atoms with Crippen molar-refractivity contribution in [3.8, 4) is 0 Å². The van der Waals surface area contributed by atoms with Gasteiger partial charge in [0.05, 0.1) is 0 Å². The first kappa shape index (κ1) is 11.5. The van der Waals surface area contributed by atoms with Gasteiger partial charge in [0.1, 0.15) is 0 Å². The van der Waals surface area contributed by atoms with Crippen LogP contribution in [0.4, 0.5) is 0 Å². The van der Waals surface area contributed by atoms with Gasteiger partial charge in [0.2, 0.25) is 0 Å². The Morgan fingerprint density at radius 1 is 0.867 bits per heavy atom. The van der Waals surface area contributed by atoms with Gasteiger partial charge in [-0.15, -0.1) is 0 Å². The summed E-state index contributed by atoms with van der Waals surface area (Å²) in [5.41, 5.74) is 5.11. The summed E-state index contributed by atoms with van der Waals surface area (Å²) in [5.74, 6) is 0. The Bertz CT molecular complexity index is 384. The van der Waals surface area contributed by atoms with E-state index in [0.29, 0.717) is 0 Å². The second-order valence-electron chi connectivity index (χ2n) is 3.46. The van der Waals surface area contributed by atoms with E-state index in [1.807, 2.05) is 26.0 Å². The molecule has 0 saturated carbocycles. The van der Waals surface area contributed by atoms with Gasteiger partial charge in [-0.1, -0.05) is 49.6 Å². The average Bonchev–Trinajstić information content (AvgIpc) is 2.57. The van der Waals surface area contributed by atoms with Crippen molar-refractivity contribution in [2.75, 3.05) is 0 Å². The van der Waals surface area contributed by atoms with Gasteiger partial charge < -0.3 is 0 Å². The van der Waals surface area contributed by atoms with E-state index in [0.717, 1.165) is 6.42 Å². The summed E-state index contributed by atoms with van der Waals surface area (Å²) in [6.45, 7) is 11.8. The highest BCUT2D eigenvalue weighted by molar-refractivity contribution is 5.62. The van der Waals surface area contributed by atoms with Crippen LogP contribution in [0.25, 0.3) is 0 Å². The fourth-order valence-electron chi connectivity index (χ4n) is 1.88. The highest BCUT2D eigenvalue weighted by atomic mass is 14.2. The lowest BCUT2D eigenvalue weighted by molar-refractivity contribution is 1.24. The standard InChI is InChI=1S/C15H18/c1-5-9-13-11-12(7-3)15(10-6-2)14(13)8-4/h5-10H,3-4,11H2,1-2H3/b9-5-,10-6-. The highest BCUT2D eigenvalue weighted by Gasteiger charge is 2.16. The monoisotopic (exact) mass is 198 g/mol. The van der Waals surface area contributed by atoms with E-state index in [9.17, 15) is 0 Å². The summed E-state index contributed by atoms with van der Waals surface area (Å²) in [6.07, 6.45) is 13.2. The van der Waals surface area contributed by atoms with E-state index in [-0.39, 0.29) is 0 Å². The quantitative estimate of drug-likeness (QED) is 0.623. The van der Waals surface area contributed by atoms with E-state index in [1.54, 1.807) is 0 Å². The minimum absolute atomic E-state index is 0.967. The topological polar surface area (TPSA) is 0 Å². The van der Waals surface area contributed by atoms with Gasteiger partial charge in [-0.2, -0.15) is 0 Å². The molecular formula is C15H18. The van der Waals surface area contributed by atoms with Crippen LogP contribution in [0, 0.1) is 0 Å². The minimum atomic E-state index is 0.967. The van der Waals surface area contributed by atoms with Crippen molar-refractivity contribution in [1.82, 2.24) is 0 Å². The summed E-state index contributed by atoms with van der Waals surface area (Å²) in [5, 5.41) is 0. The Morgan fingerprint density at radius 2 is 1.53 bits per heavy atom. The zero-order valence-corrected chi connectivity index (χ0v) is 9.59. The van der Waals surface area contributed by atoms with E-state index in [2.05, 4.69) is 37.5 Å². The first-order chi connectivity index (χ1) is 7.28. The van der Waals surface area contributed by atoms with Gasteiger partial charge in [-0.05, 0) is 42.6 Å². The summed E-state index contributed by atoms with van der Waals surface area (Å²) < 4.78 is 0. The van der Waals surface area contributed by atoms with Gasteiger partial charge >= 0.3 is 0 Å². The maximum absolute atomic E-state index is 3.88. The smallest absolute Gasteiger partial charge is 0.00138 e. The molecule has 1 rings (SSSR count). The maximum Gasteiger partial charge on any atom is -0.00138 e. The molecule has 15 heavy (non-hydrogen) atoms. The zero-order valence-electron chi connectivity index (χ0n) is 9.59. The molecule has 0 N–H and O–H groups in total. The highest BCUT2D eigenvalue weighted by Crippen LogP contribution is 2.35. The molecule has 0 aromatic carbocycles. The lowest BCUT2D eigenvalue weighted by Crippen LogP contribution is -1.81. The second-order valence-corrected chi connectivity index (χ2v) is 3.46. The van der Waals surface area contributed by atoms with E-state index >= 15 is 0 Å². The second kappa shape index (κ2) is 5.35. The van der Waals surface area contributed by atoms with Crippen LogP contribution in [0.15, 0.2) is 71.9 Å². The average molecular weight is 198 g/mol. The fraction of sp³-hybridized carbons (Fsp3) is 0.200. The Kier molecular flexibility index (Phi) is 4.11. The van der Waals surface area contributed by atoms with Gasteiger partial charge in [0.25, 0.3) is 0 Å². The van der Waals surface area contributed by atoms with Crippen LogP contribution in [-0.2, 0) is 0 Å². The number of rotatable bonds is 4. The van der Waals surface area contributed by atoms with Crippen molar-refractivity contribution in [1.29, 1.82) is 0 Å². The first-order valence-electron chi connectivity index (χ1n) is 5.25. The maximum atomic E-state index is 3.88. The minimum Gasteiger partial charge on any atom is -0.0988 e. The van der Waals surface area contributed by atoms with Gasteiger partial charge in [-0.25, -0.2) is 0 Å². The molecule has 0 amide bonds. The number of hydrogen-bond donors (Lipinski definition) is 0. The van der Waals surface area contributed by atoms with Gasteiger partial charge in [0, 0.05) is 0 Å². The molecule has 0 heterocycles. The molecule has 0 radical (unpaired) electrons. The SMILES string of the molecule is C=CC1=C(/C=C\C)C(C=C)=C(/C=C\C)C1. The van der Waals surface area contributed by atoms with Crippen LogP contribution in [-0.4, -0.2) is 0 Å². The Hall–Kier alpha value is -1.56. The molecule has 0 aromatic heterocycles. The molecule has 1 aliphatic carbocycles. The van der Waals surface area contributed by atoms with E-state index < -0.39 is 0 Å². The molecular weight excluding hydrogens is 180 g/mol. The largest absolute Gasteiger partial charge is 0.0988 e. The van der Waals surface area contributed by atoms with Crippen LogP contribution >= 0.6 is 0 Å². The Balaban J connectivity index is 3.23. The third-order valence-electron chi connectivity index (χ3n) is 2.51. The predicted octanol–water partition coefficient (Wildman–Crippen LogP) is 4.51. The van der Waals surface area contributed by atoms with E-state index in [4.69, 9.17) is 0 Å². The number of allylic oxidation sites excluding steroid dienone is 10. The Labute approximate surface area is 92.7 Å². The van der Waals surface area contributed by atoms with Crippen molar-refractivity contribution in [3.63, 3.8) is 0 Å². The molecule has 0 nitrogen and oxygen atoms in total. The molecule has 1 aliphatic rings. The van der Waals surface area contributed by atoms with Crippen molar-refractivity contribution in [2.24, 2.45) is 0 Å². The van der Waals surface area contributed by atoms with Crippen molar-refractivity contribution in [3.05, 3.63) is 71.9 Å². The predicted molar refractivity (Wildman–Crippen MR) is 68.7 cm³/mol. The van der Waals surface area contributed by atoms with Crippen molar-refractivity contribution < 1.29 is 0 Å². The third kappa shape index (κ3) is 2.27. The fourth-order valence-corrected chi connectivity index (χ4v) is 1.88. The summed E-state index contributed by atoms with van der Waals surface area (Å²) in [6, 6.07) is 0. The lowest BCUT2D eigenvalue weighted by Gasteiger charge is -2.00. The molecule has 0 saturated heterocycles. The summed E-state index contributed by atoms with van der Waals surface area (Å²) in [4.78, 5) is 0. The van der Waals surface area contributed by atoms with Crippen molar-refractivity contribution in [2.45, 2.75) is 20.3 Å². The summed E-state index contributed by atoms with van der Waals surface area (Å²) in [7, 11) is 0. The lowest BCUT2D eigenvalue weighted by atomic mass is 10.0. The van der Waals surface area contributed by atoms with Crippen LogP contribution in [0.5, 0.6) is 0 Å². The van der Waals surface area contributed by atoms with Gasteiger partial charge in [-0.3, -0.25) is 0 Å². The molecule has 0 fully saturated rings. The normalized spacial score (nSPS) is 17.2. The molecule has 0 atom stereocenters. The van der Waals surface area contributed by atoms with Gasteiger partial charge in [0.15, 0.2) is 0 Å². The first-order valence-corrected chi connectivity index (χ1v) is 5.25. The van der Waals surface area contributed by atoms with E-state index in [1.165, 1.54) is 22.3 Å². The van der Waals surface area contributed by atoms with Crippen LogP contribution < -0.4 is 0 Å². The molecule has 0 spiro atoms. The van der Waals surface area contributed by atoms with Crippen LogP contribution in [0.1, 0.15) is 20.3 Å². The van der Waals surface area contributed by atoms with Crippen molar-refractivity contribution >= 4 is 0 Å². The summed E-state index contributed by atoms with van der Waals surface area (Å²) >= 11 is 0. The molecule has 78 valence electrons. The Morgan fingerprint density at radius 3 is 2.00 bits per heavy atom. The van der Waals surface area contributed by atoms with Crippen LogP contribution in [0.2, 0.25) is 0 Å². The van der Waals surface area contributed by atoms with Crippen LogP contribution in [0.3, 0.4) is 0 Å². The zero-order chi connectivity index (χ0) is 11.3. The molecule has 0 unspecified atom stereocenters. The molecule has 0 aromatic rings. The number of hydrogen-bond acceptors (Lipinski definition) is 0. The third-order valence-corrected chi connectivity index (χ3v) is 2.51.